The molecule has 3 aliphatic carbocycles. The van der Waals surface area contributed by atoms with E-state index in [-0.39, 0.29) is 16.6 Å². The topological polar surface area (TPSA) is 43.4 Å². The highest BCUT2D eigenvalue weighted by Crippen LogP contribution is 2.57. The molecule has 0 aromatic heterocycles. The van der Waals surface area contributed by atoms with E-state index in [2.05, 4.69) is 28.1 Å². The summed E-state index contributed by atoms with van der Waals surface area (Å²) < 4.78 is 5.12. The number of rotatable bonds is 2. The quantitative estimate of drug-likeness (QED) is 0.335. The zero-order valence-electron chi connectivity index (χ0n) is 11.8. The number of ether oxygens (including phenoxy) is 1. The number of Topliss-reactive ketones (excluding diaryl/α,β-unsaturated/α-hetero) is 1. The number of fused-ring (bicyclic) bond motifs is 1. The molecule has 0 aromatic rings. The van der Waals surface area contributed by atoms with Crippen LogP contribution in [0.1, 0.15) is 32.6 Å². The lowest BCUT2D eigenvalue weighted by molar-refractivity contribution is -0.156. The number of hydrogen-bond donors (Lipinski definition) is 0. The number of halogens is 1. The smallest absolute Gasteiger partial charge is 0.316 e. The first-order valence-corrected chi connectivity index (χ1v) is 8.54. The Bertz CT molecular complexity index is 429. The highest BCUT2D eigenvalue weighted by Gasteiger charge is 2.54. The zero-order valence-corrected chi connectivity index (χ0v) is 13.3. The van der Waals surface area contributed by atoms with Crippen LogP contribution < -0.4 is 0 Å². The number of alkyl halides is 1. The number of carbonyl (C=O) groups is 2. The largest absolute Gasteiger partial charge is 0.465 e. The molecule has 3 rings (SSSR count). The van der Waals surface area contributed by atoms with E-state index in [4.69, 9.17) is 4.74 Å². The molecule has 0 radical (unpaired) electrons. The van der Waals surface area contributed by atoms with E-state index < -0.39 is 5.92 Å². The second kappa shape index (κ2) is 5.63. The van der Waals surface area contributed by atoms with Gasteiger partial charge in [-0.15, -0.1) is 0 Å². The van der Waals surface area contributed by atoms with Gasteiger partial charge in [-0.1, -0.05) is 28.1 Å². The first-order chi connectivity index (χ1) is 9.63. The van der Waals surface area contributed by atoms with E-state index in [1.54, 1.807) is 6.92 Å². The second-order valence-corrected chi connectivity index (χ2v) is 7.35. The molecule has 4 heteroatoms. The minimum atomic E-state index is -0.561. The van der Waals surface area contributed by atoms with Crippen molar-refractivity contribution in [1.29, 1.82) is 0 Å². The summed E-state index contributed by atoms with van der Waals surface area (Å²) in [7, 11) is 0. The molecule has 3 nitrogen and oxygen atoms in total. The molecule has 0 aromatic carbocycles. The van der Waals surface area contributed by atoms with Crippen LogP contribution in [-0.2, 0) is 14.3 Å². The van der Waals surface area contributed by atoms with E-state index in [9.17, 15) is 9.59 Å². The molecule has 2 fully saturated rings. The lowest BCUT2D eigenvalue weighted by atomic mass is 9.51. The van der Waals surface area contributed by atoms with Crippen LogP contribution in [0.4, 0.5) is 0 Å². The average molecular weight is 341 g/mol. The van der Waals surface area contributed by atoms with Crippen molar-refractivity contribution in [3.05, 3.63) is 12.2 Å². The number of carbonyl (C=O) groups excluding carboxylic acids is 2. The third-order valence-corrected chi connectivity index (χ3v) is 6.22. The summed E-state index contributed by atoms with van der Waals surface area (Å²) in [4.78, 5) is 24.3. The van der Waals surface area contributed by atoms with Crippen LogP contribution in [-0.4, -0.2) is 23.2 Å². The second-order valence-electron chi connectivity index (χ2n) is 6.24. The van der Waals surface area contributed by atoms with Crippen LogP contribution in [0, 0.1) is 29.6 Å². The van der Waals surface area contributed by atoms with Gasteiger partial charge < -0.3 is 4.74 Å². The lowest BCUT2D eigenvalue weighted by Gasteiger charge is -2.54. The van der Waals surface area contributed by atoms with Crippen molar-refractivity contribution in [2.75, 3.05) is 6.61 Å². The molecule has 2 saturated carbocycles. The highest BCUT2D eigenvalue weighted by atomic mass is 79.9. The maximum Gasteiger partial charge on any atom is 0.316 e. The third-order valence-electron chi connectivity index (χ3n) is 5.39. The van der Waals surface area contributed by atoms with E-state index in [0.29, 0.717) is 36.7 Å². The van der Waals surface area contributed by atoms with Crippen LogP contribution in [0.2, 0.25) is 0 Å². The first kappa shape index (κ1) is 14.3. The molecule has 110 valence electrons. The summed E-state index contributed by atoms with van der Waals surface area (Å²) in [6.45, 7) is 2.14. The van der Waals surface area contributed by atoms with Crippen LogP contribution in [0.25, 0.3) is 0 Å². The SMILES string of the molecule is CCOC(=O)[C@H]1CC2[C@H]3CC=CC[C@H]2C3C[C@H](Br)C1=O. The van der Waals surface area contributed by atoms with Crippen molar-refractivity contribution in [2.24, 2.45) is 29.6 Å². The molecular weight excluding hydrogens is 320 g/mol. The van der Waals surface area contributed by atoms with E-state index in [1.807, 2.05) is 0 Å². The summed E-state index contributed by atoms with van der Waals surface area (Å²) >= 11 is 3.52. The Morgan fingerprint density at radius 1 is 1.20 bits per heavy atom. The van der Waals surface area contributed by atoms with Crippen molar-refractivity contribution < 1.29 is 14.3 Å². The monoisotopic (exact) mass is 340 g/mol. The van der Waals surface area contributed by atoms with Crippen molar-refractivity contribution >= 4 is 27.7 Å². The minimum absolute atomic E-state index is 0.0301. The maximum atomic E-state index is 12.4. The van der Waals surface area contributed by atoms with E-state index in [1.165, 1.54) is 0 Å². The Morgan fingerprint density at radius 2 is 1.80 bits per heavy atom. The molecule has 20 heavy (non-hydrogen) atoms. The van der Waals surface area contributed by atoms with Crippen LogP contribution in [0.15, 0.2) is 12.2 Å². The van der Waals surface area contributed by atoms with Gasteiger partial charge >= 0.3 is 5.97 Å². The van der Waals surface area contributed by atoms with Crippen LogP contribution in [0.3, 0.4) is 0 Å². The Balaban J connectivity index is 1.82. The minimum Gasteiger partial charge on any atom is -0.465 e. The molecule has 0 spiro atoms. The van der Waals surface area contributed by atoms with Gasteiger partial charge in [-0.2, -0.15) is 0 Å². The molecule has 4 atom stereocenters. The number of allylic oxidation sites excluding steroid dienone is 2. The standard InChI is InChI=1S/C16H21BrO3/c1-2-20-16(19)13-7-11-9-5-3-4-6-10(11)12(9)8-14(17)15(13)18/h3-4,9-14H,2,5-8H2,1H3/t9-,10-,11?,12?,13+,14+/m1/s1. The predicted octanol–water partition coefficient (Wildman–Crippen LogP) is 3.12. The predicted molar refractivity (Wildman–Crippen MR) is 79.4 cm³/mol. The van der Waals surface area contributed by atoms with E-state index in [0.717, 1.165) is 19.3 Å². The fourth-order valence-corrected chi connectivity index (χ4v) is 5.20. The lowest BCUT2D eigenvalue weighted by Crippen LogP contribution is -2.52. The Kier molecular flexibility index (Phi) is 4.02. The summed E-state index contributed by atoms with van der Waals surface area (Å²) in [5.41, 5.74) is 0. The van der Waals surface area contributed by atoms with Gasteiger partial charge in [0, 0.05) is 0 Å². The van der Waals surface area contributed by atoms with Gasteiger partial charge in [-0.05, 0) is 56.3 Å². The highest BCUT2D eigenvalue weighted by molar-refractivity contribution is 9.10. The Morgan fingerprint density at radius 3 is 2.40 bits per heavy atom. The number of hydrogen-bond acceptors (Lipinski definition) is 3. The summed E-state index contributed by atoms with van der Waals surface area (Å²) in [6.07, 6.45) is 8.34. The van der Waals surface area contributed by atoms with Crippen molar-refractivity contribution in [2.45, 2.75) is 37.4 Å². The van der Waals surface area contributed by atoms with Crippen molar-refractivity contribution in [3.63, 3.8) is 0 Å². The van der Waals surface area contributed by atoms with Gasteiger partial charge in [0.1, 0.15) is 5.92 Å². The first-order valence-electron chi connectivity index (χ1n) is 7.63. The van der Waals surface area contributed by atoms with Crippen molar-refractivity contribution in [1.82, 2.24) is 0 Å². The van der Waals surface area contributed by atoms with Gasteiger partial charge in [0.25, 0.3) is 0 Å². The molecule has 0 unspecified atom stereocenters. The van der Waals surface area contributed by atoms with Gasteiger partial charge in [0.15, 0.2) is 5.78 Å². The molecule has 0 heterocycles. The summed E-state index contributed by atoms with van der Waals surface area (Å²) in [5.74, 6) is 1.63. The zero-order chi connectivity index (χ0) is 14.3. The molecule has 0 N–H and O–H groups in total. The average Bonchev–Trinajstić information content (AvgIpc) is 2.74. The molecule has 3 aliphatic rings. The molecule has 0 saturated heterocycles. The normalized spacial score (nSPS) is 43.0. The number of esters is 1. The third kappa shape index (κ3) is 2.26. The van der Waals surface area contributed by atoms with Gasteiger partial charge in [0.2, 0.25) is 0 Å². The summed E-state index contributed by atoms with van der Waals surface area (Å²) in [6, 6.07) is 0. The molecule has 4 bridgehead atoms. The van der Waals surface area contributed by atoms with Crippen LogP contribution in [0.5, 0.6) is 0 Å². The fraction of sp³-hybridized carbons (Fsp3) is 0.750. The Labute approximate surface area is 128 Å². The molecular formula is C16H21BrO3. The molecule has 0 amide bonds. The van der Waals surface area contributed by atoms with Gasteiger partial charge in [0.05, 0.1) is 11.4 Å². The number of ketones is 1. The summed E-state index contributed by atoms with van der Waals surface area (Å²) in [5, 5.41) is 0. The van der Waals surface area contributed by atoms with Gasteiger partial charge in [-0.3, -0.25) is 9.59 Å². The Hall–Kier alpha value is -0.640. The maximum absolute atomic E-state index is 12.4. The van der Waals surface area contributed by atoms with E-state index >= 15 is 0 Å². The van der Waals surface area contributed by atoms with Gasteiger partial charge in [-0.25, -0.2) is 0 Å². The van der Waals surface area contributed by atoms with Crippen LogP contribution >= 0.6 is 15.9 Å². The fourth-order valence-electron chi connectivity index (χ4n) is 4.45. The van der Waals surface area contributed by atoms with Crippen molar-refractivity contribution in [3.8, 4) is 0 Å². The molecule has 0 aliphatic heterocycles.